The maximum atomic E-state index is 11.4. The maximum Gasteiger partial charge on any atom is 0.307 e. The molecule has 2 unspecified atom stereocenters. The maximum absolute atomic E-state index is 11.4. The van der Waals surface area contributed by atoms with E-state index in [1.807, 2.05) is 0 Å². The number of hydrogen-bond acceptors (Lipinski definition) is 8. The lowest BCUT2D eigenvalue weighted by Crippen LogP contribution is -2.10. The minimum Gasteiger partial charge on any atom is -0.464 e. The van der Waals surface area contributed by atoms with Crippen LogP contribution in [0.2, 0.25) is 0 Å². The molecule has 23 heavy (non-hydrogen) atoms. The molecule has 2 rings (SSSR count). The Bertz CT molecular complexity index is 775. The van der Waals surface area contributed by atoms with Crippen molar-refractivity contribution in [2.45, 2.75) is 5.22 Å². The van der Waals surface area contributed by atoms with E-state index in [2.05, 4.69) is 15.5 Å². The van der Waals surface area contributed by atoms with Crippen LogP contribution in [0.15, 0.2) is 27.8 Å². The van der Waals surface area contributed by atoms with Gasteiger partial charge in [-0.15, -0.1) is 5.10 Å². The summed E-state index contributed by atoms with van der Waals surface area (Å²) >= 11 is 0. The Hall–Kier alpha value is -2.07. The van der Waals surface area contributed by atoms with Gasteiger partial charge < -0.3 is 14.5 Å². The Labute approximate surface area is 138 Å². The first-order chi connectivity index (χ1) is 10.9. The zero-order valence-electron chi connectivity index (χ0n) is 12.8. The van der Waals surface area contributed by atoms with Crippen molar-refractivity contribution >= 4 is 33.2 Å². The van der Waals surface area contributed by atoms with Gasteiger partial charge in [-0.1, -0.05) is 5.10 Å². The highest BCUT2D eigenvalue weighted by Gasteiger charge is 2.14. The topological polar surface area (TPSA) is 118 Å². The molecule has 0 aliphatic rings. The van der Waals surface area contributed by atoms with Crippen molar-refractivity contribution in [1.82, 2.24) is 10.2 Å². The van der Waals surface area contributed by atoms with Gasteiger partial charge in [0.15, 0.2) is 5.94 Å². The predicted octanol–water partition coefficient (Wildman–Crippen LogP) is 1.19. The lowest BCUT2D eigenvalue weighted by molar-refractivity contribution is 0.373. The van der Waals surface area contributed by atoms with Crippen LogP contribution in [0.25, 0.3) is 11.5 Å². The Morgan fingerprint density at radius 1 is 1.30 bits per heavy atom. The van der Waals surface area contributed by atoms with E-state index >= 15 is 0 Å². The quantitative estimate of drug-likeness (QED) is 0.589. The second-order valence-electron chi connectivity index (χ2n) is 4.54. The smallest absolute Gasteiger partial charge is 0.307 e. The molecule has 2 N–H and O–H groups in total. The Morgan fingerprint density at radius 3 is 2.61 bits per heavy atom. The number of benzene rings is 1. The molecule has 0 fully saturated rings. The zero-order chi connectivity index (χ0) is 17.0. The molecule has 1 heterocycles. The zero-order valence-corrected chi connectivity index (χ0v) is 14.4. The average Bonchev–Trinajstić information content (AvgIpc) is 3.02. The van der Waals surface area contributed by atoms with Crippen LogP contribution in [0.4, 0.5) is 5.69 Å². The summed E-state index contributed by atoms with van der Waals surface area (Å²) in [5.41, 5.74) is 1.73. The first-order valence-corrected chi connectivity index (χ1v) is 9.71. The molecule has 0 amide bonds. The van der Waals surface area contributed by atoms with Gasteiger partial charge in [0.25, 0.3) is 0 Å². The molecule has 10 heteroatoms. The molecule has 124 valence electrons. The van der Waals surface area contributed by atoms with Crippen LogP contribution < -0.4 is 5.32 Å². The summed E-state index contributed by atoms with van der Waals surface area (Å²) < 4.78 is 32.9. The molecule has 1 aromatic heterocycles. The molecule has 8 nitrogen and oxygen atoms in total. The molecule has 2 atom stereocenters. The van der Waals surface area contributed by atoms with Crippen LogP contribution in [-0.4, -0.2) is 50.0 Å². The minimum absolute atomic E-state index is 0.0316. The van der Waals surface area contributed by atoms with Gasteiger partial charge in [-0.2, -0.15) is 0 Å². The number of hydrogen-bond donors (Lipinski definition) is 2. The van der Waals surface area contributed by atoms with Crippen molar-refractivity contribution in [1.29, 1.82) is 5.41 Å². The molecule has 0 aliphatic heterocycles. The number of aromatic nitrogens is 2. The predicted molar refractivity (Wildman–Crippen MR) is 88.5 cm³/mol. The van der Waals surface area contributed by atoms with E-state index in [0.717, 1.165) is 0 Å². The molecule has 0 spiro atoms. The molecule has 1 aromatic carbocycles. The van der Waals surface area contributed by atoms with E-state index in [-0.39, 0.29) is 23.0 Å². The number of nitrogens with zero attached hydrogens (tertiary/aromatic N) is 2. The van der Waals surface area contributed by atoms with Crippen molar-refractivity contribution in [3.8, 4) is 11.5 Å². The number of nitrogens with one attached hydrogen (secondary N) is 2. The fourth-order valence-corrected chi connectivity index (χ4v) is 2.33. The van der Waals surface area contributed by atoms with Crippen molar-refractivity contribution in [3.05, 3.63) is 23.8 Å². The highest BCUT2D eigenvalue weighted by molar-refractivity contribution is 7.84. The molecule has 2 aromatic rings. The lowest BCUT2D eigenvalue weighted by atomic mass is 10.1. The van der Waals surface area contributed by atoms with Gasteiger partial charge in [0, 0.05) is 36.4 Å². The highest BCUT2D eigenvalue weighted by Crippen LogP contribution is 2.25. The Morgan fingerprint density at radius 2 is 2.04 bits per heavy atom. The number of anilines is 1. The van der Waals surface area contributed by atoms with Gasteiger partial charge in [-0.25, -0.2) is 4.21 Å². The molecular formula is C13H16N4O4S2. The number of ether oxygens (including phenoxy) is 1. The van der Waals surface area contributed by atoms with Crippen molar-refractivity contribution in [2.75, 3.05) is 30.8 Å². The molecule has 0 saturated carbocycles. The van der Waals surface area contributed by atoms with Gasteiger partial charge in [0.1, 0.15) is 10.8 Å². The Kier molecular flexibility index (Phi) is 5.61. The minimum atomic E-state index is -1.37. The van der Waals surface area contributed by atoms with E-state index < -0.39 is 21.6 Å². The van der Waals surface area contributed by atoms with Crippen LogP contribution in [0.5, 0.6) is 0 Å². The number of rotatable bonds is 6. The van der Waals surface area contributed by atoms with Crippen LogP contribution >= 0.6 is 0 Å². The summed E-state index contributed by atoms with van der Waals surface area (Å²) in [5, 5.41) is 18.5. The summed E-state index contributed by atoms with van der Waals surface area (Å²) in [6, 6.07) is 5.10. The van der Waals surface area contributed by atoms with E-state index in [9.17, 15) is 8.42 Å². The van der Waals surface area contributed by atoms with E-state index in [1.165, 1.54) is 12.5 Å². The van der Waals surface area contributed by atoms with Gasteiger partial charge in [0.2, 0.25) is 11.8 Å². The van der Waals surface area contributed by atoms with Crippen molar-refractivity contribution in [3.63, 3.8) is 0 Å². The summed E-state index contributed by atoms with van der Waals surface area (Å²) in [6.45, 7) is 0. The average molecular weight is 356 g/mol. The van der Waals surface area contributed by atoms with Crippen LogP contribution in [0.3, 0.4) is 0 Å². The summed E-state index contributed by atoms with van der Waals surface area (Å²) in [6.07, 6.45) is 2.94. The summed E-state index contributed by atoms with van der Waals surface area (Å²) in [5.74, 6) is 0.0232. The molecular weight excluding hydrogens is 340 g/mol. The van der Waals surface area contributed by atoms with Gasteiger partial charge in [-0.3, -0.25) is 9.62 Å². The van der Waals surface area contributed by atoms with Gasteiger partial charge in [-0.05, 0) is 18.2 Å². The third kappa shape index (κ3) is 4.45. The summed E-state index contributed by atoms with van der Waals surface area (Å²) in [4.78, 5) is 0. The van der Waals surface area contributed by atoms with Gasteiger partial charge >= 0.3 is 5.22 Å². The monoisotopic (exact) mass is 356 g/mol. The third-order valence-electron chi connectivity index (χ3n) is 2.75. The third-order valence-corrected chi connectivity index (χ3v) is 3.86. The fourth-order valence-electron chi connectivity index (χ4n) is 1.69. The van der Waals surface area contributed by atoms with Crippen LogP contribution in [0.1, 0.15) is 5.56 Å². The lowest BCUT2D eigenvalue weighted by Gasteiger charge is -2.09. The highest BCUT2D eigenvalue weighted by atomic mass is 32.2. The molecule has 0 radical (unpaired) electrons. The first-order valence-electron chi connectivity index (χ1n) is 6.42. The van der Waals surface area contributed by atoms with Gasteiger partial charge in [0.05, 0.1) is 10.8 Å². The van der Waals surface area contributed by atoms with E-state index in [0.29, 0.717) is 16.8 Å². The molecule has 0 aliphatic carbocycles. The fraction of sp³-hybridized carbons (Fsp3) is 0.308. The van der Waals surface area contributed by atoms with Crippen LogP contribution in [0, 0.1) is 5.41 Å². The summed E-state index contributed by atoms with van der Waals surface area (Å²) in [7, 11) is -0.801. The van der Waals surface area contributed by atoms with E-state index in [1.54, 1.807) is 25.2 Å². The molecule has 0 saturated heterocycles. The second-order valence-corrected chi connectivity index (χ2v) is 7.18. The first kappa shape index (κ1) is 17.3. The SMILES string of the molecule is CNc1cc(C(=N)OCS(C)=O)cc(-c2nnc(S(C)=O)o2)c1. The largest absolute Gasteiger partial charge is 0.464 e. The standard InChI is InChI=1S/C13H16N4O4S2/c1-15-10-5-8(11(14)20-7-22(2)18)4-9(6-10)12-16-17-13(21-12)23(3)19/h4-6,14-15H,7H2,1-3H3. The van der Waals surface area contributed by atoms with Crippen molar-refractivity contribution in [2.24, 2.45) is 0 Å². The van der Waals surface area contributed by atoms with Crippen LogP contribution in [-0.2, 0) is 26.3 Å². The van der Waals surface area contributed by atoms with E-state index in [4.69, 9.17) is 14.6 Å². The molecule has 0 bridgehead atoms. The normalized spacial score (nSPS) is 13.3. The Balaban J connectivity index is 2.36. The second kappa shape index (κ2) is 7.47. The van der Waals surface area contributed by atoms with Crippen molar-refractivity contribution < 1.29 is 17.6 Å².